The molecule has 0 radical (unpaired) electrons. The van der Waals surface area contributed by atoms with E-state index in [4.69, 9.17) is 10.2 Å². The van der Waals surface area contributed by atoms with Crippen LogP contribution in [0.15, 0.2) is 30.3 Å². The number of aromatic nitrogens is 2. The van der Waals surface area contributed by atoms with Crippen LogP contribution in [0.5, 0.6) is 0 Å². The van der Waals surface area contributed by atoms with E-state index in [0.717, 1.165) is 54.2 Å². The lowest BCUT2D eigenvalue weighted by Crippen LogP contribution is -2.47. The number of hydrogen-bond donors (Lipinski definition) is 0. The number of rotatable bonds is 2. The van der Waals surface area contributed by atoms with Gasteiger partial charge in [-0.05, 0) is 30.7 Å². The molecule has 6 heteroatoms. The van der Waals surface area contributed by atoms with E-state index in [9.17, 15) is 5.26 Å². The Hall–Kier alpha value is -3.09. The lowest BCUT2D eigenvalue weighted by atomic mass is 10.1. The third-order valence-electron chi connectivity index (χ3n) is 4.86. The summed E-state index contributed by atoms with van der Waals surface area (Å²) in [5, 5.41) is 18.5. The van der Waals surface area contributed by atoms with Gasteiger partial charge in [-0.25, -0.2) is 4.98 Å². The van der Waals surface area contributed by atoms with Crippen LogP contribution in [0.2, 0.25) is 0 Å². The first-order valence-electron chi connectivity index (χ1n) is 8.38. The molecule has 1 aliphatic rings. The SMILES string of the molecule is Cc1cc(N2CCN(CC#N)CC2)n2c(nc3ccccc32)c1C#N. The van der Waals surface area contributed by atoms with Crippen molar-refractivity contribution < 1.29 is 0 Å². The number of nitriles is 2. The van der Waals surface area contributed by atoms with Crippen molar-refractivity contribution in [3.05, 3.63) is 41.5 Å². The highest BCUT2D eigenvalue weighted by atomic mass is 15.3. The van der Waals surface area contributed by atoms with Gasteiger partial charge in [0.2, 0.25) is 0 Å². The lowest BCUT2D eigenvalue weighted by Gasteiger charge is -2.35. The van der Waals surface area contributed by atoms with Crippen LogP contribution in [-0.4, -0.2) is 47.0 Å². The van der Waals surface area contributed by atoms with Gasteiger partial charge in [-0.15, -0.1) is 0 Å². The molecule has 3 heterocycles. The average molecular weight is 330 g/mol. The van der Waals surface area contributed by atoms with E-state index in [2.05, 4.69) is 32.4 Å². The predicted molar refractivity (Wildman–Crippen MR) is 96.4 cm³/mol. The molecule has 0 saturated carbocycles. The van der Waals surface area contributed by atoms with E-state index in [1.165, 1.54) is 0 Å². The summed E-state index contributed by atoms with van der Waals surface area (Å²) in [6.07, 6.45) is 0. The van der Waals surface area contributed by atoms with Gasteiger partial charge in [0.1, 0.15) is 11.9 Å². The van der Waals surface area contributed by atoms with Crippen LogP contribution in [0.3, 0.4) is 0 Å². The van der Waals surface area contributed by atoms with Gasteiger partial charge >= 0.3 is 0 Å². The molecule has 0 atom stereocenters. The van der Waals surface area contributed by atoms with Gasteiger partial charge in [-0.2, -0.15) is 10.5 Å². The predicted octanol–water partition coefficient (Wildman–Crippen LogP) is 2.31. The van der Waals surface area contributed by atoms with E-state index in [1.54, 1.807) is 0 Å². The summed E-state index contributed by atoms with van der Waals surface area (Å²) in [5.41, 5.74) is 4.21. The van der Waals surface area contributed by atoms with Gasteiger partial charge in [0.15, 0.2) is 5.65 Å². The van der Waals surface area contributed by atoms with Crippen molar-refractivity contribution in [3.63, 3.8) is 0 Å². The highest BCUT2D eigenvalue weighted by molar-refractivity contribution is 5.85. The first kappa shape index (κ1) is 15.4. The van der Waals surface area contributed by atoms with E-state index in [-0.39, 0.29) is 0 Å². The summed E-state index contributed by atoms with van der Waals surface area (Å²) < 4.78 is 2.10. The third kappa shape index (κ3) is 2.48. The normalized spacial score (nSPS) is 15.4. The van der Waals surface area contributed by atoms with Gasteiger partial charge < -0.3 is 4.90 Å². The van der Waals surface area contributed by atoms with Crippen molar-refractivity contribution in [1.29, 1.82) is 10.5 Å². The van der Waals surface area contributed by atoms with Crippen molar-refractivity contribution in [3.8, 4) is 12.1 Å². The van der Waals surface area contributed by atoms with Crippen LogP contribution in [-0.2, 0) is 0 Å². The summed E-state index contributed by atoms with van der Waals surface area (Å²) >= 11 is 0. The number of imidazole rings is 1. The number of piperazine rings is 1. The average Bonchev–Trinajstić information content (AvgIpc) is 3.01. The van der Waals surface area contributed by atoms with Gasteiger partial charge in [0.25, 0.3) is 0 Å². The monoisotopic (exact) mass is 330 g/mol. The largest absolute Gasteiger partial charge is 0.355 e. The first-order valence-corrected chi connectivity index (χ1v) is 8.38. The van der Waals surface area contributed by atoms with Gasteiger partial charge in [0, 0.05) is 26.2 Å². The Bertz CT molecular complexity index is 1030. The molecular weight excluding hydrogens is 312 g/mol. The Balaban J connectivity index is 1.87. The van der Waals surface area contributed by atoms with Crippen LogP contribution >= 0.6 is 0 Å². The third-order valence-corrected chi connectivity index (χ3v) is 4.86. The van der Waals surface area contributed by atoms with Crippen molar-refractivity contribution in [2.45, 2.75) is 6.92 Å². The molecule has 4 rings (SSSR count). The molecule has 0 unspecified atom stereocenters. The fraction of sp³-hybridized carbons (Fsp3) is 0.316. The summed E-state index contributed by atoms with van der Waals surface area (Å²) in [5.74, 6) is 1.07. The van der Waals surface area contributed by atoms with Crippen LogP contribution in [0.25, 0.3) is 16.7 Å². The fourth-order valence-corrected chi connectivity index (χ4v) is 3.54. The molecule has 124 valence electrons. The Morgan fingerprint density at radius 1 is 1.12 bits per heavy atom. The highest BCUT2D eigenvalue weighted by Gasteiger charge is 2.22. The molecule has 0 amide bonds. The summed E-state index contributed by atoms with van der Waals surface area (Å²) in [7, 11) is 0. The molecule has 0 spiro atoms. The van der Waals surface area contributed by atoms with Gasteiger partial charge in [-0.3, -0.25) is 9.30 Å². The zero-order chi connectivity index (χ0) is 17.4. The van der Waals surface area contributed by atoms with Crippen LogP contribution < -0.4 is 4.90 Å². The zero-order valence-electron chi connectivity index (χ0n) is 14.1. The Morgan fingerprint density at radius 3 is 2.60 bits per heavy atom. The number of hydrogen-bond acceptors (Lipinski definition) is 5. The highest BCUT2D eigenvalue weighted by Crippen LogP contribution is 2.29. The number of anilines is 1. The zero-order valence-corrected chi connectivity index (χ0v) is 14.1. The molecule has 0 aliphatic carbocycles. The van der Waals surface area contributed by atoms with Crippen LogP contribution in [0.4, 0.5) is 5.82 Å². The maximum absolute atomic E-state index is 9.58. The number of fused-ring (bicyclic) bond motifs is 3. The molecule has 1 aromatic carbocycles. The maximum atomic E-state index is 9.58. The molecule has 6 nitrogen and oxygen atoms in total. The molecule has 1 aliphatic heterocycles. The number of nitrogens with zero attached hydrogens (tertiary/aromatic N) is 6. The molecule has 1 fully saturated rings. The number of benzene rings is 1. The fourth-order valence-electron chi connectivity index (χ4n) is 3.54. The first-order chi connectivity index (χ1) is 12.2. The molecule has 25 heavy (non-hydrogen) atoms. The summed E-state index contributed by atoms with van der Waals surface area (Å²) in [6, 6.07) is 14.6. The Morgan fingerprint density at radius 2 is 1.88 bits per heavy atom. The topological polar surface area (TPSA) is 71.4 Å². The number of pyridine rings is 1. The van der Waals surface area contributed by atoms with E-state index in [0.29, 0.717) is 12.1 Å². The molecule has 2 aromatic heterocycles. The van der Waals surface area contributed by atoms with E-state index in [1.807, 2.05) is 31.2 Å². The minimum absolute atomic E-state index is 0.476. The van der Waals surface area contributed by atoms with Crippen molar-refractivity contribution in [2.75, 3.05) is 37.6 Å². The quantitative estimate of drug-likeness (QED) is 0.674. The molecule has 1 saturated heterocycles. The number of aryl methyl sites for hydroxylation is 1. The minimum Gasteiger partial charge on any atom is -0.355 e. The minimum atomic E-state index is 0.476. The van der Waals surface area contributed by atoms with Gasteiger partial charge in [0.05, 0.1) is 29.2 Å². The van der Waals surface area contributed by atoms with Crippen molar-refractivity contribution in [2.24, 2.45) is 0 Å². The Kier molecular flexibility index (Phi) is 3.76. The van der Waals surface area contributed by atoms with Gasteiger partial charge in [-0.1, -0.05) is 12.1 Å². The van der Waals surface area contributed by atoms with E-state index >= 15 is 0 Å². The summed E-state index contributed by atoms with van der Waals surface area (Å²) in [6.45, 7) is 5.88. The Labute approximate surface area is 146 Å². The van der Waals surface area contributed by atoms with Crippen molar-refractivity contribution in [1.82, 2.24) is 14.3 Å². The number of para-hydroxylation sites is 2. The van der Waals surface area contributed by atoms with E-state index < -0.39 is 0 Å². The van der Waals surface area contributed by atoms with Crippen LogP contribution in [0, 0.1) is 29.6 Å². The molecular formula is C19H18N6. The molecule has 0 N–H and O–H groups in total. The second kappa shape index (κ2) is 6.08. The molecule has 0 bridgehead atoms. The lowest BCUT2D eigenvalue weighted by molar-refractivity contribution is 0.286. The standard InChI is InChI=1S/C19H18N6/c1-14-12-18(24-10-8-23(7-6-20)9-11-24)25-17-5-3-2-4-16(17)22-19(25)15(14)13-21/h2-5,12H,7-11H2,1H3. The second-order valence-electron chi connectivity index (χ2n) is 6.35. The summed E-state index contributed by atoms with van der Waals surface area (Å²) in [4.78, 5) is 9.19. The smallest absolute Gasteiger partial charge is 0.157 e. The molecule has 3 aromatic rings. The van der Waals surface area contributed by atoms with Crippen LogP contribution in [0.1, 0.15) is 11.1 Å². The maximum Gasteiger partial charge on any atom is 0.157 e. The second-order valence-corrected chi connectivity index (χ2v) is 6.35. The van der Waals surface area contributed by atoms with Crippen molar-refractivity contribution >= 4 is 22.5 Å².